The summed E-state index contributed by atoms with van der Waals surface area (Å²) in [4.78, 5) is 12.8. The summed E-state index contributed by atoms with van der Waals surface area (Å²) < 4.78 is 0. The minimum absolute atomic E-state index is 0.118. The van der Waals surface area contributed by atoms with E-state index >= 15 is 0 Å². The predicted molar refractivity (Wildman–Crippen MR) is 131 cm³/mol. The summed E-state index contributed by atoms with van der Waals surface area (Å²) in [5, 5.41) is 33.4. The standard InChI is InChI=1S/C29H50O4/c1-7-27(3,4)24(32)11-8-17(2)20-9-10-21-26-22(16-25(33)29(20,21)6)28(5)13-12-19(30)14-18(28)15-23(26)31/h17-23,25-26,30-31,33H,7-16H2,1-6H3/t17-,18+,19-,20-,21+,22+,23-,25+,26+,28+,29-/m1/s1. The third kappa shape index (κ3) is 4.04. The molecule has 0 spiro atoms. The van der Waals surface area contributed by atoms with E-state index in [1.54, 1.807) is 0 Å². The highest BCUT2D eigenvalue weighted by molar-refractivity contribution is 5.83. The second kappa shape index (κ2) is 8.89. The fraction of sp³-hybridized carbons (Fsp3) is 0.966. The van der Waals surface area contributed by atoms with Gasteiger partial charge in [-0.2, -0.15) is 0 Å². The Kier molecular flexibility index (Phi) is 6.91. The Hall–Kier alpha value is -0.450. The van der Waals surface area contributed by atoms with Crippen molar-refractivity contribution in [1.29, 1.82) is 0 Å². The number of hydrogen-bond acceptors (Lipinski definition) is 4. The van der Waals surface area contributed by atoms with Crippen LogP contribution in [0.25, 0.3) is 0 Å². The van der Waals surface area contributed by atoms with Gasteiger partial charge in [0.05, 0.1) is 18.3 Å². The van der Waals surface area contributed by atoms with Crippen LogP contribution in [-0.2, 0) is 4.79 Å². The summed E-state index contributed by atoms with van der Waals surface area (Å²) in [6, 6.07) is 0. The monoisotopic (exact) mass is 462 g/mol. The van der Waals surface area contributed by atoms with Crippen LogP contribution in [0.15, 0.2) is 0 Å². The third-order valence-electron chi connectivity index (χ3n) is 12.0. The molecule has 190 valence electrons. The minimum Gasteiger partial charge on any atom is -0.393 e. The van der Waals surface area contributed by atoms with Gasteiger partial charge in [-0.05, 0) is 104 Å². The average Bonchev–Trinajstić information content (AvgIpc) is 3.12. The number of hydrogen-bond donors (Lipinski definition) is 3. The summed E-state index contributed by atoms with van der Waals surface area (Å²) in [7, 11) is 0. The van der Waals surface area contributed by atoms with Gasteiger partial charge in [-0.1, -0.05) is 41.5 Å². The van der Waals surface area contributed by atoms with Crippen molar-refractivity contribution in [3.8, 4) is 0 Å². The molecule has 3 N–H and O–H groups in total. The lowest BCUT2D eigenvalue weighted by Crippen LogP contribution is -2.62. The zero-order valence-corrected chi connectivity index (χ0v) is 22.0. The molecular weight excluding hydrogens is 412 g/mol. The van der Waals surface area contributed by atoms with Crippen LogP contribution >= 0.6 is 0 Å². The Morgan fingerprint density at radius 3 is 2.39 bits per heavy atom. The van der Waals surface area contributed by atoms with E-state index in [2.05, 4.69) is 41.5 Å². The summed E-state index contributed by atoms with van der Waals surface area (Å²) in [6.07, 6.45) is 7.93. The number of aliphatic hydroxyl groups excluding tert-OH is 3. The highest BCUT2D eigenvalue weighted by Crippen LogP contribution is 2.68. The van der Waals surface area contributed by atoms with E-state index in [4.69, 9.17) is 0 Å². The van der Waals surface area contributed by atoms with Gasteiger partial charge in [0, 0.05) is 11.8 Å². The van der Waals surface area contributed by atoms with E-state index in [0.29, 0.717) is 41.8 Å². The van der Waals surface area contributed by atoms with Gasteiger partial charge in [-0.3, -0.25) is 4.79 Å². The summed E-state index contributed by atoms with van der Waals surface area (Å²) in [5.74, 6) is 2.47. The second-order valence-corrected chi connectivity index (χ2v) is 13.7. The zero-order chi connectivity index (χ0) is 24.3. The van der Waals surface area contributed by atoms with Crippen LogP contribution in [0.2, 0.25) is 0 Å². The summed E-state index contributed by atoms with van der Waals surface area (Å²) in [6.45, 7) is 13.2. The number of fused-ring (bicyclic) bond motifs is 5. The Morgan fingerprint density at radius 1 is 1.03 bits per heavy atom. The average molecular weight is 463 g/mol. The Bertz CT molecular complexity index is 733. The maximum atomic E-state index is 12.8. The lowest BCUT2D eigenvalue weighted by Gasteiger charge is -2.63. The SMILES string of the molecule is CCC(C)(C)C(=O)CC[C@@H](C)[C@H]1CC[C@H]2[C@@H]3[C@H](O)C[C@@H]4C[C@H](O)CC[C@]4(C)[C@H]3C[C@H](O)[C@]12C. The molecule has 11 atom stereocenters. The number of ketones is 1. The zero-order valence-electron chi connectivity index (χ0n) is 22.0. The molecule has 0 amide bonds. The van der Waals surface area contributed by atoms with Crippen molar-refractivity contribution in [2.24, 2.45) is 51.8 Å². The first kappa shape index (κ1) is 25.6. The van der Waals surface area contributed by atoms with Crippen LogP contribution in [0, 0.1) is 51.8 Å². The van der Waals surface area contributed by atoms with Gasteiger partial charge in [0.1, 0.15) is 5.78 Å². The van der Waals surface area contributed by atoms with Gasteiger partial charge in [-0.25, -0.2) is 0 Å². The minimum atomic E-state index is -0.351. The molecule has 0 radical (unpaired) electrons. The molecule has 0 saturated heterocycles. The third-order valence-corrected chi connectivity index (χ3v) is 12.0. The lowest BCUT2D eigenvalue weighted by molar-refractivity contribution is -0.207. The van der Waals surface area contributed by atoms with E-state index < -0.39 is 0 Å². The molecule has 4 aliphatic carbocycles. The molecule has 4 nitrogen and oxygen atoms in total. The first-order valence-corrected chi connectivity index (χ1v) is 13.9. The van der Waals surface area contributed by atoms with Crippen molar-refractivity contribution in [3.05, 3.63) is 0 Å². The van der Waals surface area contributed by atoms with Crippen LogP contribution in [0.5, 0.6) is 0 Å². The van der Waals surface area contributed by atoms with Gasteiger partial charge in [0.2, 0.25) is 0 Å². The highest BCUT2D eigenvalue weighted by Gasteiger charge is 2.65. The summed E-state index contributed by atoms with van der Waals surface area (Å²) >= 11 is 0. The number of rotatable bonds is 6. The van der Waals surface area contributed by atoms with Gasteiger partial charge in [0.25, 0.3) is 0 Å². The second-order valence-electron chi connectivity index (χ2n) is 13.7. The molecule has 0 bridgehead atoms. The molecule has 4 heteroatoms. The molecule has 4 saturated carbocycles. The van der Waals surface area contributed by atoms with Crippen molar-refractivity contribution in [2.75, 3.05) is 0 Å². The number of aliphatic hydroxyl groups is 3. The molecule has 0 aromatic rings. The van der Waals surface area contributed by atoms with E-state index in [0.717, 1.165) is 57.8 Å². The predicted octanol–water partition coefficient (Wildman–Crippen LogP) is 5.37. The highest BCUT2D eigenvalue weighted by atomic mass is 16.3. The number of carbonyl (C=O) groups excluding carboxylic acids is 1. The molecule has 4 rings (SSSR count). The maximum absolute atomic E-state index is 12.8. The molecule has 0 aliphatic heterocycles. The van der Waals surface area contributed by atoms with Gasteiger partial charge in [-0.15, -0.1) is 0 Å². The quantitative estimate of drug-likeness (QED) is 0.496. The van der Waals surface area contributed by atoms with Crippen LogP contribution in [0.4, 0.5) is 0 Å². The van der Waals surface area contributed by atoms with Crippen LogP contribution < -0.4 is 0 Å². The van der Waals surface area contributed by atoms with Gasteiger partial charge in [0.15, 0.2) is 0 Å². The van der Waals surface area contributed by atoms with Crippen LogP contribution in [0.3, 0.4) is 0 Å². The Balaban J connectivity index is 1.53. The lowest BCUT2D eigenvalue weighted by atomic mass is 9.43. The molecule has 0 aromatic heterocycles. The first-order valence-electron chi connectivity index (χ1n) is 13.9. The van der Waals surface area contributed by atoms with Crippen molar-refractivity contribution < 1.29 is 20.1 Å². The molecule has 0 aromatic carbocycles. The first-order chi connectivity index (χ1) is 15.4. The van der Waals surface area contributed by atoms with Gasteiger partial charge >= 0.3 is 0 Å². The molecule has 4 aliphatic rings. The fourth-order valence-electron chi connectivity index (χ4n) is 9.23. The Labute approximate surface area is 201 Å². The Morgan fingerprint density at radius 2 is 1.73 bits per heavy atom. The van der Waals surface area contributed by atoms with Crippen molar-refractivity contribution in [2.45, 2.75) is 124 Å². The molecule has 33 heavy (non-hydrogen) atoms. The van der Waals surface area contributed by atoms with Gasteiger partial charge < -0.3 is 15.3 Å². The number of Topliss-reactive ketones (excluding diaryl/α,β-unsaturated/α-hetero) is 1. The number of carbonyl (C=O) groups is 1. The molecule has 0 unspecified atom stereocenters. The van der Waals surface area contributed by atoms with Crippen molar-refractivity contribution in [3.63, 3.8) is 0 Å². The topological polar surface area (TPSA) is 77.8 Å². The maximum Gasteiger partial charge on any atom is 0.138 e. The van der Waals surface area contributed by atoms with E-state index in [9.17, 15) is 20.1 Å². The van der Waals surface area contributed by atoms with E-state index in [1.165, 1.54) is 0 Å². The fourth-order valence-corrected chi connectivity index (χ4v) is 9.23. The van der Waals surface area contributed by atoms with Crippen LogP contribution in [-0.4, -0.2) is 39.4 Å². The van der Waals surface area contributed by atoms with Crippen LogP contribution in [0.1, 0.15) is 106 Å². The molecule has 4 fully saturated rings. The molecular formula is C29H50O4. The van der Waals surface area contributed by atoms with Crippen molar-refractivity contribution >= 4 is 5.78 Å². The van der Waals surface area contributed by atoms with E-state index in [-0.39, 0.29) is 40.5 Å². The normalized spacial score (nSPS) is 48.5. The molecule has 0 heterocycles. The largest absolute Gasteiger partial charge is 0.393 e. The smallest absolute Gasteiger partial charge is 0.138 e. The van der Waals surface area contributed by atoms with Crippen molar-refractivity contribution in [1.82, 2.24) is 0 Å². The van der Waals surface area contributed by atoms with E-state index in [1.807, 2.05) is 0 Å². The summed E-state index contributed by atoms with van der Waals surface area (Å²) in [5.41, 5.74) is -0.305.